The minimum Gasteiger partial charge on any atom is -0.507 e. The van der Waals surface area contributed by atoms with Gasteiger partial charge in [0.1, 0.15) is 30.2 Å². The van der Waals surface area contributed by atoms with E-state index in [0.717, 1.165) is 16.7 Å². The van der Waals surface area contributed by atoms with E-state index in [1.165, 1.54) is 17.3 Å². The quantitative estimate of drug-likeness (QED) is 0.561. The highest BCUT2D eigenvalue weighted by molar-refractivity contribution is 5.95. The maximum absolute atomic E-state index is 12.9. The van der Waals surface area contributed by atoms with Crippen molar-refractivity contribution in [1.29, 1.82) is 0 Å². The van der Waals surface area contributed by atoms with Crippen molar-refractivity contribution >= 4 is 11.8 Å². The first-order valence-corrected chi connectivity index (χ1v) is 9.26. The van der Waals surface area contributed by atoms with Crippen LogP contribution in [0.4, 0.5) is 0 Å². The van der Waals surface area contributed by atoms with Crippen molar-refractivity contribution in [2.45, 2.75) is 52.2 Å². The number of aromatic nitrogens is 3. The van der Waals surface area contributed by atoms with Crippen LogP contribution in [0.5, 0.6) is 11.5 Å². The van der Waals surface area contributed by atoms with E-state index in [2.05, 4.69) is 20.9 Å². The highest BCUT2D eigenvalue weighted by Gasteiger charge is 2.42. The van der Waals surface area contributed by atoms with Gasteiger partial charge in [-0.05, 0) is 50.8 Å². The van der Waals surface area contributed by atoms with Crippen molar-refractivity contribution in [3.8, 4) is 11.5 Å². The zero-order valence-corrected chi connectivity index (χ0v) is 16.8. The first kappa shape index (κ1) is 20.6. The maximum atomic E-state index is 12.9. The minimum atomic E-state index is -1.22. The Kier molecular flexibility index (Phi) is 5.47. The summed E-state index contributed by atoms with van der Waals surface area (Å²) in [7, 11) is 0. The smallest absolute Gasteiger partial charge is 0.264 e. The predicted molar refractivity (Wildman–Crippen MR) is 103 cm³/mol. The van der Waals surface area contributed by atoms with Gasteiger partial charge in [0.15, 0.2) is 5.60 Å². The van der Waals surface area contributed by atoms with E-state index in [1.807, 2.05) is 13.8 Å². The fourth-order valence-corrected chi connectivity index (χ4v) is 3.38. The lowest BCUT2D eigenvalue weighted by atomic mass is 9.86. The van der Waals surface area contributed by atoms with E-state index in [0.29, 0.717) is 24.2 Å². The third-order valence-corrected chi connectivity index (χ3v) is 5.46. The van der Waals surface area contributed by atoms with Gasteiger partial charge < -0.3 is 20.3 Å². The number of rotatable bonds is 5. The van der Waals surface area contributed by atoms with Gasteiger partial charge in [0.05, 0.1) is 6.61 Å². The molecule has 10 nitrogen and oxygen atoms in total. The van der Waals surface area contributed by atoms with Gasteiger partial charge in [0.25, 0.3) is 11.8 Å². The van der Waals surface area contributed by atoms with E-state index >= 15 is 0 Å². The predicted octanol–water partition coefficient (Wildman–Crippen LogP) is 0.240. The van der Waals surface area contributed by atoms with Crippen LogP contribution in [0.15, 0.2) is 12.7 Å². The van der Waals surface area contributed by atoms with Gasteiger partial charge >= 0.3 is 0 Å². The zero-order chi connectivity index (χ0) is 21.3. The van der Waals surface area contributed by atoms with Gasteiger partial charge in [0.2, 0.25) is 0 Å². The highest BCUT2D eigenvalue weighted by Crippen LogP contribution is 2.43. The van der Waals surface area contributed by atoms with Crippen molar-refractivity contribution in [1.82, 2.24) is 20.2 Å². The molecular formula is C19H25N5O5. The normalized spacial score (nSPS) is 19.1. The minimum absolute atomic E-state index is 0.240. The number of phenolic OH excluding ortho intramolecular Hbond substituents is 1. The highest BCUT2D eigenvalue weighted by atomic mass is 16.5. The number of carbonyl (C=O) groups is 2. The largest absolute Gasteiger partial charge is 0.507 e. The summed E-state index contributed by atoms with van der Waals surface area (Å²) in [6.07, 6.45) is 3.45. The standard InChI is InChI=1S/C19H25N5O5/c1-10-11(2)16-13(12(3)15(10)26)5-6-19(4,29-16)18(28)22-14(7-25)17(27)23-24-8-20-21-9-24/h8-9,14,25-26H,5-7H2,1-4H3,(H,22,28)(H,23,27)/t14-,19?/m0/s1. The van der Waals surface area contributed by atoms with E-state index in [4.69, 9.17) is 4.74 Å². The summed E-state index contributed by atoms with van der Waals surface area (Å²) in [6, 6.07) is -1.17. The molecule has 1 aliphatic rings. The van der Waals surface area contributed by atoms with Crippen molar-refractivity contribution < 1.29 is 24.5 Å². The molecule has 2 atom stereocenters. The molecule has 0 fully saturated rings. The number of nitrogens with one attached hydrogen (secondary N) is 2. The van der Waals surface area contributed by atoms with Crippen molar-refractivity contribution in [2.24, 2.45) is 0 Å². The van der Waals surface area contributed by atoms with Gasteiger partial charge in [-0.3, -0.25) is 15.0 Å². The second-order valence-electron chi connectivity index (χ2n) is 7.42. The number of aromatic hydroxyl groups is 1. The number of benzene rings is 1. The van der Waals surface area contributed by atoms with Crippen LogP contribution in [0.3, 0.4) is 0 Å². The summed E-state index contributed by atoms with van der Waals surface area (Å²) in [5.41, 5.74) is 4.31. The number of phenols is 1. The van der Waals surface area contributed by atoms with Crippen LogP contribution in [-0.4, -0.2) is 55.2 Å². The molecule has 29 heavy (non-hydrogen) atoms. The molecule has 156 valence electrons. The average Bonchev–Trinajstić information content (AvgIpc) is 3.21. The Labute approximate surface area is 167 Å². The molecule has 1 unspecified atom stereocenters. The van der Waals surface area contributed by atoms with Crippen LogP contribution in [0.2, 0.25) is 0 Å². The Hall–Kier alpha value is -3.14. The van der Waals surface area contributed by atoms with Gasteiger partial charge in [-0.15, -0.1) is 10.2 Å². The lowest BCUT2D eigenvalue weighted by Gasteiger charge is -2.37. The molecule has 0 saturated carbocycles. The molecule has 1 aromatic carbocycles. The van der Waals surface area contributed by atoms with E-state index in [9.17, 15) is 19.8 Å². The molecule has 10 heteroatoms. The second-order valence-corrected chi connectivity index (χ2v) is 7.42. The molecule has 1 aliphatic heterocycles. The van der Waals surface area contributed by atoms with E-state index in [1.54, 1.807) is 13.8 Å². The zero-order valence-electron chi connectivity index (χ0n) is 16.8. The molecule has 1 aromatic heterocycles. The molecule has 2 aromatic rings. The molecular weight excluding hydrogens is 378 g/mol. The summed E-state index contributed by atoms with van der Waals surface area (Å²) in [6.45, 7) is 6.51. The lowest BCUT2D eigenvalue weighted by Crippen LogP contribution is -2.57. The van der Waals surface area contributed by atoms with Crippen molar-refractivity contribution in [2.75, 3.05) is 12.0 Å². The number of ether oxygens (including phenoxy) is 1. The van der Waals surface area contributed by atoms with Crippen LogP contribution in [0.1, 0.15) is 35.6 Å². The monoisotopic (exact) mass is 403 g/mol. The van der Waals surface area contributed by atoms with Crippen LogP contribution in [-0.2, 0) is 16.0 Å². The Morgan fingerprint density at radius 3 is 2.52 bits per heavy atom. The number of hydrogen-bond acceptors (Lipinski definition) is 7. The first-order valence-electron chi connectivity index (χ1n) is 9.26. The SMILES string of the molecule is Cc1c(C)c2c(c(C)c1O)CCC(C)(C(=O)N[C@@H](CO)C(=O)Nn1cnnc1)O2. The summed E-state index contributed by atoms with van der Waals surface area (Å²) >= 11 is 0. The molecule has 2 heterocycles. The fourth-order valence-electron chi connectivity index (χ4n) is 3.38. The molecule has 0 spiro atoms. The number of aliphatic hydroxyl groups is 1. The summed E-state index contributed by atoms with van der Waals surface area (Å²) < 4.78 is 7.31. The Bertz CT molecular complexity index is 943. The average molecular weight is 403 g/mol. The molecule has 0 saturated heterocycles. The molecule has 0 aliphatic carbocycles. The second kappa shape index (κ2) is 7.70. The van der Waals surface area contributed by atoms with Crippen LogP contribution < -0.4 is 15.5 Å². The Morgan fingerprint density at radius 2 is 1.90 bits per heavy atom. The molecule has 4 N–H and O–H groups in total. The number of fused-ring (bicyclic) bond motifs is 1. The van der Waals surface area contributed by atoms with Crippen LogP contribution >= 0.6 is 0 Å². The maximum Gasteiger partial charge on any atom is 0.264 e. The summed E-state index contributed by atoms with van der Waals surface area (Å²) in [4.78, 5) is 25.3. The first-order chi connectivity index (χ1) is 13.7. The number of hydrogen-bond donors (Lipinski definition) is 4. The van der Waals surface area contributed by atoms with Crippen molar-refractivity contribution in [3.63, 3.8) is 0 Å². The topological polar surface area (TPSA) is 139 Å². The number of carbonyl (C=O) groups excluding carboxylic acids is 2. The van der Waals surface area contributed by atoms with Gasteiger partial charge in [-0.25, -0.2) is 4.68 Å². The number of nitrogens with zero attached hydrogens (tertiary/aromatic N) is 3. The molecule has 2 amide bonds. The summed E-state index contributed by atoms with van der Waals surface area (Å²) in [5.74, 6) is -0.308. The number of aliphatic hydroxyl groups excluding tert-OH is 1. The van der Waals surface area contributed by atoms with E-state index < -0.39 is 30.1 Å². The third kappa shape index (κ3) is 3.75. The fraction of sp³-hybridized carbons (Fsp3) is 0.474. The van der Waals surface area contributed by atoms with E-state index in [-0.39, 0.29) is 5.75 Å². The van der Waals surface area contributed by atoms with Gasteiger partial charge in [-0.2, -0.15) is 0 Å². The van der Waals surface area contributed by atoms with Gasteiger partial charge in [-0.1, -0.05) is 0 Å². The van der Waals surface area contributed by atoms with Gasteiger partial charge in [0, 0.05) is 12.0 Å². The lowest BCUT2D eigenvalue weighted by molar-refractivity contribution is -0.140. The molecule has 0 bridgehead atoms. The Morgan fingerprint density at radius 1 is 1.24 bits per heavy atom. The number of amides is 2. The Balaban J connectivity index is 1.78. The third-order valence-electron chi connectivity index (χ3n) is 5.46. The van der Waals surface area contributed by atoms with Crippen LogP contribution in [0.25, 0.3) is 0 Å². The summed E-state index contributed by atoms with van der Waals surface area (Å²) in [5, 5.41) is 29.5. The van der Waals surface area contributed by atoms with Crippen LogP contribution in [0, 0.1) is 20.8 Å². The molecule has 3 rings (SSSR count). The van der Waals surface area contributed by atoms with Crippen molar-refractivity contribution in [3.05, 3.63) is 34.9 Å². The molecule has 0 radical (unpaired) electrons.